The highest BCUT2D eigenvalue weighted by molar-refractivity contribution is 5.75. The molecular weight excluding hydrogens is 147 g/mol. The van der Waals surface area contributed by atoms with E-state index in [0.717, 1.165) is 4.68 Å². The van der Waals surface area contributed by atoms with Crippen LogP contribution in [0.2, 0.25) is 0 Å². The molecule has 0 amide bonds. The number of hydrogen-bond donors (Lipinski definition) is 0. The number of halogens is 1. The summed E-state index contributed by atoms with van der Waals surface area (Å²) in [6.45, 7) is 3.09. The van der Waals surface area contributed by atoms with Gasteiger partial charge >= 0.3 is 0 Å². The van der Waals surface area contributed by atoms with Crippen LogP contribution in [0, 0.1) is 12.9 Å². The second-order valence-corrected chi connectivity index (χ2v) is 2.47. The molecule has 0 saturated carbocycles. The van der Waals surface area contributed by atoms with Crippen molar-refractivity contribution in [3.05, 3.63) is 17.7 Å². The lowest BCUT2D eigenvalue weighted by molar-refractivity contribution is -0.117. The van der Waals surface area contributed by atoms with Crippen molar-refractivity contribution >= 4 is 5.78 Å². The quantitative estimate of drug-likeness (QED) is 0.638. The number of hydrogen-bond acceptors (Lipinski definition) is 2. The highest BCUT2D eigenvalue weighted by Gasteiger charge is 2.04. The summed E-state index contributed by atoms with van der Waals surface area (Å²) in [5, 5.41) is 3.77. The van der Waals surface area contributed by atoms with E-state index in [9.17, 15) is 9.18 Å². The van der Waals surface area contributed by atoms with Gasteiger partial charge in [-0.05, 0) is 13.8 Å². The van der Waals surface area contributed by atoms with E-state index in [-0.39, 0.29) is 12.3 Å². The van der Waals surface area contributed by atoms with Crippen molar-refractivity contribution in [1.29, 1.82) is 0 Å². The number of carbonyl (C=O) groups excluding carboxylic acids is 1. The number of aromatic nitrogens is 2. The topological polar surface area (TPSA) is 34.9 Å². The standard InChI is InChI=1S/C7H9FN2O/c1-5-3-7(8)10(9-5)4-6(2)11/h3H,4H2,1-2H3. The van der Waals surface area contributed by atoms with Crippen molar-refractivity contribution in [2.75, 3.05) is 0 Å². The molecule has 0 aliphatic carbocycles. The van der Waals surface area contributed by atoms with Crippen molar-refractivity contribution in [2.45, 2.75) is 20.4 Å². The monoisotopic (exact) mass is 156 g/mol. The summed E-state index contributed by atoms with van der Waals surface area (Å²) in [7, 11) is 0. The lowest BCUT2D eigenvalue weighted by Gasteiger charge is -1.95. The molecule has 1 heterocycles. The number of rotatable bonds is 2. The van der Waals surface area contributed by atoms with Crippen LogP contribution >= 0.6 is 0 Å². The fourth-order valence-corrected chi connectivity index (χ4v) is 0.836. The van der Waals surface area contributed by atoms with Crippen LogP contribution in [0.4, 0.5) is 4.39 Å². The van der Waals surface area contributed by atoms with E-state index in [4.69, 9.17) is 0 Å². The SMILES string of the molecule is CC(=O)Cn1nc(C)cc1F. The molecule has 0 radical (unpaired) electrons. The summed E-state index contributed by atoms with van der Waals surface area (Å²) in [5.41, 5.74) is 0.587. The summed E-state index contributed by atoms with van der Waals surface area (Å²) in [6.07, 6.45) is 0. The molecule has 0 spiro atoms. The first-order chi connectivity index (χ1) is 5.09. The number of aryl methyl sites for hydroxylation is 1. The van der Waals surface area contributed by atoms with E-state index >= 15 is 0 Å². The summed E-state index contributed by atoms with van der Waals surface area (Å²) < 4.78 is 13.8. The third-order valence-electron chi connectivity index (χ3n) is 1.23. The molecule has 0 aliphatic heterocycles. The predicted molar refractivity (Wildman–Crippen MR) is 37.6 cm³/mol. The average molecular weight is 156 g/mol. The van der Waals surface area contributed by atoms with Crippen LogP contribution in [0.25, 0.3) is 0 Å². The molecule has 11 heavy (non-hydrogen) atoms. The Morgan fingerprint density at radius 1 is 1.82 bits per heavy atom. The Morgan fingerprint density at radius 2 is 2.45 bits per heavy atom. The van der Waals surface area contributed by atoms with E-state index in [1.54, 1.807) is 6.92 Å². The van der Waals surface area contributed by atoms with E-state index in [0.29, 0.717) is 5.69 Å². The van der Waals surface area contributed by atoms with E-state index in [1.807, 2.05) is 0 Å². The van der Waals surface area contributed by atoms with Gasteiger partial charge in [-0.2, -0.15) is 9.49 Å². The second kappa shape index (κ2) is 2.82. The lowest BCUT2D eigenvalue weighted by Crippen LogP contribution is -2.09. The molecule has 0 N–H and O–H groups in total. The molecule has 60 valence electrons. The van der Waals surface area contributed by atoms with Gasteiger partial charge in [0, 0.05) is 6.07 Å². The minimum absolute atomic E-state index is 0.0136. The molecular formula is C7H9FN2O. The van der Waals surface area contributed by atoms with Crippen molar-refractivity contribution in [1.82, 2.24) is 9.78 Å². The highest BCUT2D eigenvalue weighted by atomic mass is 19.1. The normalized spacial score (nSPS) is 10.1. The van der Waals surface area contributed by atoms with Gasteiger partial charge in [0.05, 0.1) is 5.69 Å². The maximum atomic E-state index is 12.7. The summed E-state index contributed by atoms with van der Waals surface area (Å²) in [4.78, 5) is 10.5. The fraction of sp³-hybridized carbons (Fsp3) is 0.429. The number of Topliss-reactive ketones (excluding diaryl/α,β-unsaturated/α-hetero) is 1. The molecule has 0 atom stereocenters. The molecule has 0 bridgehead atoms. The first-order valence-corrected chi connectivity index (χ1v) is 3.29. The minimum Gasteiger partial charge on any atom is -0.298 e. The van der Waals surface area contributed by atoms with Gasteiger partial charge in [-0.15, -0.1) is 0 Å². The molecule has 0 fully saturated rings. The van der Waals surface area contributed by atoms with Gasteiger partial charge in [0.15, 0.2) is 5.78 Å². The van der Waals surface area contributed by atoms with Crippen LogP contribution in [0.1, 0.15) is 12.6 Å². The van der Waals surface area contributed by atoms with Crippen LogP contribution in [0.5, 0.6) is 0 Å². The van der Waals surface area contributed by atoms with Gasteiger partial charge in [-0.25, -0.2) is 4.68 Å². The van der Waals surface area contributed by atoms with Crippen molar-refractivity contribution in [3.63, 3.8) is 0 Å². The zero-order valence-electron chi connectivity index (χ0n) is 6.47. The van der Waals surface area contributed by atoms with Crippen LogP contribution in [0.15, 0.2) is 6.07 Å². The predicted octanol–water partition coefficient (Wildman–Crippen LogP) is 0.920. The van der Waals surface area contributed by atoms with Gasteiger partial charge in [0.25, 0.3) is 0 Å². The van der Waals surface area contributed by atoms with E-state index in [1.165, 1.54) is 13.0 Å². The maximum absolute atomic E-state index is 12.7. The zero-order valence-corrected chi connectivity index (χ0v) is 6.47. The zero-order chi connectivity index (χ0) is 8.43. The average Bonchev–Trinajstić information content (AvgIpc) is 2.09. The summed E-state index contributed by atoms with van der Waals surface area (Å²) in [6, 6.07) is 1.29. The maximum Gasteiger partial charge on any atom is 0.212 e. The fourth-order valence-electron chi connectivity index (χ4n) is 0.836. The third kappa shape index (κ3) is 1.86. The minimum atomic E-state index is -0.460. The summed E-state index contributed by atoms with van der Waals surface area (Å²) in [5.74, 6) is -0.565. The Morgan fingerprint density at radius 3 is 2.82 bits per heavy atom. The first-order valence-electron chi connectivity index (χ1n) is 3.29. The molecule has 0 aliphatic rings. The van der Waals surface area contributed by atoms with E-state index in [2.05, 4.69) is 5.10 Å². The number of carbonyl (C=O) groups is 1. The molecule has 1 aromatic heterocycles. The van der Waals surface area contributed by atoms with Crippen LogP contribution < -0.4 is 0 Å². The lowest BCUT2D eigenvalue weighted by atomic mass is 10.4. The number of nitrogens with zero attached hydrogens (tertiary/aromatic N) is 2. The Hall–Kier alpha value is -1.19. The Kier molecular flexibility index (Phi) is 2.03. The number of ketones is 1. The molecule has 1 aromatic rings. The van der Waals surface area contributed by atoms with Crippen LogP contribution in [-0.4, -0.2) is 15.6 Å². The first kappa shape index (κ1) is 7.91. The largest absolute Gasteiger partial charge is 0.298 e. The van der Waals surface area contributed by atoms with Crippen molar-refractivity contribution in [3.8, 4) is 0 Å². The van der Waals surface area contributed by atoms with Gasteiger partial charge in [0.1, 0.15) is 6.54 Å². The van der Waals surface area contributed by atoms with Gasteiger partial charge in [-0.1, -0.05) is 0 Å². The van der Waals surface area contributed by atoms with Crippen LogP contribution in [0.3, 0.4) is 0 Å². The van der Waals surface area contributed by atoms with Crippen molar-refractivity contribution < 1.29 is 9.18 Å². The van der Waals surface area contributed by atoms with Gasteiger partial charge in [0.2, 0.25) is 5.95 Å². The van der Waals surface area contributed by atoms with Gasteiger partial charge < -0.3 is 0 Å². The Balaban J connectivity index is 2.85. The summed E-state index contributed by atoms with van der Waals surface area (Å²) >= 11 is 0. The smallest absolute Gasteiger partial charge is 0.212 e. The van der Waals surface area contributed by atoms with E-state index < -0.39 is 5.95 Å². The highest BCUT2D eigenvalue weighted by Crippen LogP contribution is 2.00. The molecule has 0 unspecified atom stereocenters. The molecule has 0 aromatic carbocycles. The molecule has 1 rings (SSSR count). The van der Waals surface area contributed by atoms with Crippen LogP contribution in [-0.2, 0) is 11.3 Å². The third-order valence-corrected chi connectivity index (χ3v) is 1.23. The Bertz CT molecular complexity index is 280. The molecule has 4 heteroatoms. The second-order valence-electron chi connectivity index (χ2n) is 2.47. The van der Waals surface area contributed by atoms with Gasteiger partial charge in [-0.3, -0.25) is 4.79 Å². The molecule has 3 nitrogen and oxygen atoms in total. The van der Waals surface area contributed by atoms with Crippen molar-refractivity contribution in [2.24, 2.45) is 0 Å². The Labute approximate surface area is 63.8 Å². The molecule has 0 saturated heterocycles.